The van der Waals surface area contributed by atoms with Gasteiger partial charge in [0.25, 0.3) is 0 Å². The summed E-state index contributed by atoms with van der Waals surface area (Å²) in [5, 5.41) is 0. The minimum Gasteiger partial charge on any atom is -0.513 e. The molecule has 1 radical (unpaired) electrons. The standard InChI is InChI=1S/C5H6O2.Y/c1-5-2-3-6-4-7-5;/h2H,4H2,1H3;. The number of hydrogen-bond acceptors (Lipinski definition) is 1. The Kier molecular flexibility index (Phi) is 4.38. The van der Waals surface area contributed by atoms with Gasteiger partial charge in [-0.15, -0.1) is 0 Å². The zero-order chi connectivity index (χ0) is 5.11. The Balaban J connectivity index is 0.000000490. The van der Waals surface area contributed by atoms with E-state index in [9.17, 15) is 0 Å². The van der Waals surface area contributed by atoms with Crippen LogP contribution in [-0.2, 0) is 41.9 Å². The van der Waals surface area contributed by atoms with Crippen molar-refractivity contribution in [2.75, 3.05) is 6.79 Å². The van der Waals surface area contributed by atoms with Crippen molar-refractivity contribution in [3.05, 3.63) is 11.8 Å². The molecule has 0 saturated carbocycles. The van der Waals surface area contributed by atoms with Gasteiger partial charge in [0.15, 0.2) is 0 Å². The molecule has 0 bridgehead atoms. The summed E-state index contributed by atoms with van der Waals surface area (Å²) < 4.78 is 9.45. The Morgan fingerprint density at radius 2 is 2.62 bits per heavy atom. The second-order valence-corrected chi connectivity index (χ2v) is 1.28. The fourth-order valence-corrected chi connectivity index (χ4v) is 0.323. The van der Waals surface area contributed by atoms with Gasteiger partial charge in [0, 0.05) is 32.7 Å². The maximum absolute atomic E-state index is 4.85. The molecule has 1 aliphatic heterocycles. The molecule has 8 heavy (non-hydrogen) atoms. The molecular formula is C5H6O2Y. The summed E-state index contributed by atoms with van der Waals surface area (Å²) >= 11 is 0. The van der Waals surface area contributed by atoms with Gasteiger partial charge in [-0.2, -0.15) is 0 Å². The monoisotopic (exact) mass is 187 g/mol. The van der Waals surface area contributed by atoms with Crippen molar-refractivity contribution < 1.29 is 41.9 Å². The Hall–Kier alpha value is 0.314. The molecule has 1 heterocycles. The van der Waals surface area contributed by atoms with Gasteiger partial charge < -0.3 is 9.16 Å². The van der Waals surface area contributed by atoms with E-state index >= 15 is 0 Å². The zero-order valence-corrected chi connectivity index (χ0v) is 7.52. The molecule has 3 heteroatoms. The first-order valence-corrected chi connectivity index (χ1v) is 2.06. The van der Waals surface area contributed by atoms with E-state index in [0.717, 1.165) is 5.76 Å². The van der Waals surface area contributed by atoms with Crippen LogP contribution in [0.3, 0.4) is 0 Å². The number of hydrogen-bond donors (Lipinski definition) is 0. The predicted octanol–water partition coefficient (Wildman–Crippen LogP) is 0.521. The number of carbonyl (C=O) groups excluding carboxylic acids is 1. The van der Waals surface area contributed by atoms with Crippen molar-refractivity contribution in [3.63, 3.8) is 0 Å². The van der Waals surface area contributed by atoms with Crippen LogP contribution >= 0.6 is 0 Å². The maximum atomic E-state index is 4.85. The molecule has 0 fully saturated rings. The van der Waals surface area contributed by atoms with Gasteiger partial charge in [-0.25, -0.2) is 0 Å². The Labute approximate surface area is 73.5 Å². The van der Waals surface area contributed by atoms with Gasteiger partial charge in [0.2, 0.25) is 6.29 Å². The third-order valence-corrected chi connectivity index (χ3v) is 0.691. The van der Waals surface area contributed by atoms with E-state index in [4.69, 9.17) is 4.74 Å². The van der Waals surface area contributed by atoms with Crippen LogP contribution in [0.5, 0.6) is 0 Å². The second-order valence-electron chi connectivity index (χ2n) is 1.28. The minimum absolute atomic E-state index is 0. The van der Waals surface area contributed by atoms with Gasteiger partial charge in [0.1, 0.15) is 0 Å². The first-order chi connectivity index (χ1) is 3.39. The van der Waals surface area contributed by atoms with Crippen LogP contribution in [0.4, 0.5) is 0 Å². The molecule has 0 amide bonds. The van der Waals surface area contributed by atoms with E-state index in [-0.39, 0.29) is 32.7 Å². The quantitative estimate of drug-likeness (QED) is 0.400. The molecule has 41 valence electrons. The predicted molar refractivity (Wildman–Crippen MR) is 25.4 cm³/mol. The summed E-state index contributed by atoms with van der Waals surface area (Å²) in [5.41, 5.74) is 0. The zero-order valence-electron chi connectivity index (χ0n) is 4.68. The summed E-state index contributed by atoms with van der Waals surface area (Å²) in [7, 11) is 0. The molecule has 0 N–H and O–H groups in total. The topological polar surface area (TPSA) is 20.5 Å². The number of allylic oxidation sites excluding steroid dienone is 2. The molecule has 1 aliphatic rings. The third kappa shape index (κ3) is 2.58. The molecule has 0 aromatic rings. The average molecular weight is 187 g/mol. The van der Waals surface area contributed by atoms with Gasteiger partial charge in [-0.1, -0.05) is 13.0 Å². The summed E-state index contributed by atoms with van der Waals surface area (Å²) in [5.74, 6) is 0.853. The van der Waals surface area contributed by atoms with Gasteiger partial charge in [-0.3, -0.25) is 0 Å². The van der Waals surface area contributed by atoms with E-state index in [2.05, 4.69) is 10.7 Å². The molecule has 0 aromatic carbocycles. The third-order valence-electron chi connectivity index (χ3n) is 0.691. The van der Waals surface area contributed by atoms with Gasteiger partial charge >= 0.3 is 6.79 Å². The second kappa shape index (κ2) is 4.22. The summed E-state index contributed by atoms with van der Waals surface area (Å²) in [6, 6.07) is 0. The average Bonchev–Trinajstić information content (AvgIpc) is 1.69. The molecule has 2 nitrogen and oxygen atoms in total. The molecule has 0 aromatic heterocycles. The van der Waals surface area contributed by atoms with Crippen LogP contribution in [0.25, 0.3) is 0 Å². The number of ether oxygens (including phenoxy) is 1. The van der Waals surface area contributed by atoms with E-state index < -0.39 is 0 Å². The van der Waals surface area contributed by atoms with E-state index in [0.29, 0.717) is 6.79 Å². The van der Waals surface area contributed by atoms with E-state index in [1.807, 2.05) is 6.92 Å². The van der Waals surface area contributed by atoms with Crippen molar-refractivity contribution in [1.82, 2.24) is 0 Å². The molecule has 0 saturated heterocycles. The molecule has 0 spiro atoms. The summed E-state index contributed by atoms with van der Waals surface area (Å²) in [4.78, 5) is 0. The molecule has 0 atom stereocenters. The van der Waals surface area contributed by atoms with Crippen molar-refractivity contribution >= 4 is 6.29 Å². The fourth-order valence-electron chi connectivity index (χ4n) is 0.323. The van der Waals surface area contributed by atoms with Crippen LogP contribution < -0.4 is 0 Å². The SMILES string of the molecule is CC1=C[C-]=[O+]CO1.[Y]. The van der Waals surface area contributed by atoms with Crippen LogP contribution in [0, 0.1) is 0 Å². The smallest absolute Gasteiger partial charge is 0.372 e. The molecule has 0 unspecified atom stereocenters. The van der Waals surface area contributed by atoms with Crippen molar-refractivity contribution in [1.29, 1.82) is 0 Å². The first kappa shape index (κ1) is 8.31. The van der Waals surface area contributed by atoms with Crippen molar-refractivity contribution in [2.24, 2.45) is 0 Å². The van der Waals surface area contributed by atoms with Crippen LogP contribution in [0.1, 0.15) is 6.92 Å². The van der Waals surface area contributed by atoms with E-state index in [1.165, 1.54) is 0 Å². The van der Waals surface area contributed by atoms with E-state index in [1.54, 1.807) is 6.08 Å². The van der Waals surface area contributed by atoms with Crippen LogP contribution in [0.2, 0.25) is 0 Å². The maximum Gasteiger partial charge on any atom is 0.372 e. The molecule has 1 rings (SSSR count). The Morgan fingerprint density at radius 3 is 2.88 bits per heavy atom. The van der Waals surface area contributed by atoms with Crippen molar-refractivity contribution in [3.8, 4) is 0 Å². The van der Waals surface area contributed by atoms with Crippen LogP contribution in [0.15, 0.2) is 11.8 Å². The fraction of sp³-hybridized carbons (Fsp3) is 0.400. The normalized spacial score (nSPS) is 15.9. The van der Waals surface area contributed by atoms with Gasteiger partial charge in [0.05, 0.1) is 0 Å². The van der Waals surface area contributed by atoms with Crippen LogP contribution in [-0.4, -0.2) is 13.1 Å². The minimum atomic E-state index is 0. The Bertz CT molecular complexity index is 118. The molecular weight excluding hydrogens is 181 g/mol. The largest absolute Gasteiger partial charge is 0.513 e. The summed E-state index contributed by atoms with van der Waals surface area (Å²) in [6.07, 6.45) is 4.20. The van der Waals surface area contributed by atoms with Gasteiger partial charge in [-0.05, 0) is 5.76 Å². The summed E-state index contributed by atoms with van der Waals surface area (Å²) in [6.45, 7) is 2.16. The van der Waals surface area contributed by atoms with Crippen molar-refractivity contribution in [2.45, 2.75) is 6.92 Å². The Morgan fingerprint density at radius 1 is 1.88 bits per heavy atom. The number of rotatable bonds is 0. The first-order valence-electron chi connectivity index (χ1n) is 2.06. The molecule has 0 aliphatic carbocycles.